The van der Waals surface area contributed by atoms with Crippen molar-refractivity contribution in [1.82, 2.24) is 0 Å². The van der Waals surface area contributed by atoms with Gasteiger partial charge in [0.25, 0.3) is 0 Å². The molecule has 0 aliphatic heterocycles. The van der Waals surface area contributed by atoms with E-state index in [1.165, 1.54) is 51.4 Å². The fraction of sp³-hybridized carbons (Fsp3) is 0.955. The van der Waals surface area contributed by atoms with Crippen LogP contribution in [0.25, 0.3) is 0 Å². The number of unbranched alkanes of at least 4 members (excludes halogenated alkanes) is 8. The third-order valence-corrected chi connectivity index (χ3v) is 5.82. The van der Waals surface area contributed by atoms with Crippen molar-refractivity contribution in [3.05, 3.63) is 0 Å². The number of rotatable bonds is 12. The standard InChI is InChI=1S/C22H42O3/c1-5-6-7-8-9-10-11-12-13-16-24-22(23)25-21-17-20(18(2)3)15-14-19(21)4/h18-21H,5-17H2,1-4H3. The summed E-state index contributed by atoms with van der Waals surface area (Å²) < 4.78 is 10.9. The minimum atomic E-state index is -0.458. The fourth-order valence-corrected chi connectivity index (χ4v) is 3.81. The Kier molecular flexibility index (Phi) is 12.0. The summed E-state index contributed by atoms with van der Waals surface area (Å²) in [6.45, 7) is 9.47. The molecule has 0 aromatic heterocycles. The van der Waals surface area contributed by atoms with Gasteiger partial charge in [-0.25, -0.2) is 4.79 Å². The maximum Gasteiger partial charge on any atom is 0.508 e. The van der Waals surface area contributed by atoms with E-state index in [4.69, 9.17) is 9.47 Å². The van der Waals surface area contributed by atoms with Crippen molar-refractivity contribution in [2.75, 3.05) is 6.61 Å². The van der Waals surface area contributed by atoms with E-state index in [-0.39, 0.29) is 6.10 Å². The van der Waals surface area contributed by atoms with Crippen molar-refractivity contribution in [2.45, 2.75) is 111 Å². The van der Waals surface area contributed by atoms with E-state index in [1.807, 2.05) is 0 Å². The van der Waals surface area contributed by atoms with Crippen LogP contribution in [0.2, 0.25) is 0 Å². The first-order valence-corrected chi connectivity index (χ1v) is 10.9. The van der Waals surface area contributed by atoms with E-state index in [0.717, 1.165) is 25.7 Å². The molecule has 0 aromatic rings. The van der Waals surface area contributed by atoms with Crippen molar-refractivity contribution in [2.24, 2.45) is 17.8 Å². The highest BCUT2D eigenvalue weighted by Crippen LogP contribution is 2.35. The lowest BCUT2D eigenvalue weighted by Gasteiger charge is -2.35. The van der Waals surface area contributed by atoms with Crippen molar-refractivity contribution in [3.8, 4) is 0 Å². The predicted molar refractivity (Wildman–Crippen MR) is 105 cm³/mol. The molecule has 0 radical (unpaired) electrons. The van der Waals surface area contributed by atoms with Crippen LogP contribution in [0, 0.1) is 17.8 Å². The number of carbonyl (C=O) groups excluding carboxylic acids is 1. The number of hydrogen-bond acceptors (Lipinski definition) is 3. The SMILES string of the molecule is CCCCCCCCCCCOC(=O)OC1CC(C(C)C)CCC1C. The third kappa shape index (κ3) is 10.1. The molecule has 25 heavy (non-hydrogen) atoms. The molecule has 0 amide bonds. The summed E-state index contributed by atoms with van der Waals surface area (Å²) in [6, 6.07) is 0. The topological polar surface area (TPSA) is 35.5 Å². The Morgan fingerprint density at radius 3 is 2.16 bits per heavy atom. The molecule has 0 bridgehead atoms. The van der Waals surface area contributed by atoms with Crippen molar-refractivity contribution in [1.29, 1.82) is 0 Å². The molecule has 3 unspecified atom stereocenters. The van der Waals surface area contributed by atoms with Crippen molar-refractivity contribution < 1.29 is 14.3 Å². The molecular formula is C22H42O3. The molecular weight excluding hydrogens is 312 g/mol. The first kappa shape index (κ1) is 22.3. The highest BCUT2D eigenvalue weighted by molar-refractivity contribution is 5.60. The van der Waals surface area contributed by atoms with Gasteiger partial charge >= 0.3 is 6.16 Å². The average molecular weight is 355 g/mol. The monoisotopic (exact) mass is 354 g/mol. The van der Waals surface area contributed by atoms with Crippen LogP contribution < -0.4 is 0 Å². The molecule has 3 atom stereocenters. The second kappa shape index (κ2) is 13.5. The van der Waals surface area contributed by atoms with Gasteiger partial charge in [0, 0.05) is 0 Å². The van der Waals surface area contributed by atoms with E-state index in [1.54, 1.807) is 0 Å². The first-order chi connectivity index (χ1) is 12.0. The summed E-state index contributed by atoms with van der Waals surface area (Å²) in [7, 11) is 0. The van der Waals surface area contributed by atoms with Gasteiger partial charge in [-0.1, -0.05) is 79.1 Å². The van der Waals surface area contributed by atoms with Crippen LogP contribution in [0.1, 0.15) is 105 Å². The quantitative estimate of drug-likeness (QED) is 0.276. The highest BCUT2D eigenvalue weighted by Gasteiger charge is 2.32. The minimum Gasteiger partial charge on any atom is -0.434 e. The number of hydrogen-bond donors (Lipinski definition) is 0. The fourth-order valence-electron chi connectivity index (χ4n) is 3.81. The normalized spacial score (nSPS) is 23.6. The largest absolute Gasteiger partial charge is 0.508 e. The van der Waals surface area contributed by atoms with Crippen LogP contribution in [0.5, 0.6) is 0 Å². The van der Waals surface area contributed by atoms with Crippen LogP contribution in [-0.4, -0.2) is 18.9 Å². The molecule has 3 nitrogen and oxygen atoms in total. The second-order valence-electron chi connectivity index (χ2n) is 8.38. The summed E-state index contributed by atoms with van der Waals surface area (Å²) in [4.78, 5) is 11.9. The Morgan fingerprint density at radius 1 is 0.960 bits per heavy atom. The van der Waals surface area contributed by atoms with E-state index < -0.39 is 6.16 Å². The lowest BCUT2D eigenvalue weighted by molar-refractivity contribution is -0.0239. The molecule has 1 aliphatic carbocycles. The number of ether oxygens (including phenoxy) is 2. The second-order valence-corrected chi connectivity index (χ2v) is 8.38. The Morgan fingerprint density at radius 2 is 1.56 bits per heavy atom. The molecule has 1 fully saturated rings. The summed E-state index contributed by atoms with van der Waals surface area (Å²) in [5, 5.41) is 0. The molecule has 1 saturated carbocycles. The van der Waals surface area contributed by atoms with Gasteiger partial charge in [-0.3, -0.25) is 0 Å². The predicted octanol–water partition coefficient (Wildman–Crippen LogP) is 7.13. The van der Waals surface area contributed by atoms with Gasteiger partial charge in [0.05, 0.1) is 6.61 Å². The molecule has 0 saturated heterocycles. The van der Waals surface area contributed by atoms with Crippen LogP contribution in [-0.2, 0) is 9.47 Å². The van der Waals surface area contributed by atoms with Gasteiger partial charge in [0.15, 0.2) is 0 Å². The van der Waals surface area contributed by atoms with Crippen LogP contribution >= 0.6 is 0 Å². The summed E-state index contributed by atoms with van der Waals surface area (Å²) >= 11 is 0. The zero-order valence-corrected chi connectivity index (χ0v) is 17.2. The van der Waals surface area contributed by atoms with Gasteiger partial charge in [-0.15, -0.1) is 0 Å². The van der Waals surface area contributed by atoms with Crippen molar-refractivity contribution >= 4 is 6.16 Å². The van der Waals surface area contributed by atoms with Crippen LogP contribution in [0.4, 0.5) is 4.79 Å². The third-order valence-electron chi connectivity index (χ3n) is 5.82. The highest BCUT2D eigenvalue weighted by atomic mass is 16.7. The van der Waals surface area contributed by atoms with Crippen LogP contribution in [0.15, 0.2) is 0 Å². The van der Waals surface area contributed by atoms with Crippen molar-refractivity contribution in [3.63, 3.8) is 0 Å². The average Bonchev–Trinajstić information content (AvgIpc) is 2.58. The molecule has 0 N–H and O–H groups in total. The Balaban J connectivity index is 2.03. The van der Waals surface area contributed by atoms with E-state index >= 15 is 0 Å². The van der Waals surface area contributed by atoms with Gasteiger partial charge < -0.3 is 9.47 Å². The summed E-state index contributed by atoms with van der Waals surface area (Å²) in [5.41, 5.74) is 0. The lowest BCUT2D eigenvalue weighted by atomic mass is 9.76. The first-order valence-electron chi connectivity index (χ1n) is 10.9. The maximum absolute atomic E-state index is 11.9. The molecule has 1 aliphatic rings. The van der Waals surface area contributed by atoms with Gasteiger partial charge in [0.2, 0.25) is 0 Å². The smallest absolute Gasteiger partial charge is 0.434 e. The maximum atomic E-state index is 11.9. The zero-order chi connectivity index (χ0) is 18.5. The summed E-state index contributed by atoms with van der Waals surface area (Å²) in [5.74, 6) is 1.79. The summed E-state index contributed by atoms with van der Waals surface area (Å²) in [6.07, 6.45) is 14.4. The Bertz CT molecular complexity index is 340. The molecule has 0 heterocycles. The Labute approximate surface area is 156 Å². The van der Waals surface area contributed by atoms with Crippen LogP contribution in [0.3, 0.4) is 0 Å². The zero-order valence-electron chi connectivity index (χ0n) is 17.2. The lowest BCUT2D eigenvalue weighted by Crippen LogP contribution is -2.34. The number of carbonyl (C=O) groups is 1. The molecule has 0 spiro atoms. The van der Waals surface area contributed by atoms with Gasteiger partial charge in [0.1, 0.15) is 6.10 Å². The van der Waals surface area contributed by atoms with E-state index in [9.17, 15) is 4.79 Å². The molecule has 1 rings (SSSR count). The molecule has 3 heteroatoms. The van der Waals surface area contributed by atoms with Gasteiger partial charge in [-0.2, -0.15) is 0 Å². The van der Waals surface area contributed by atoms with Gasteiger partial charge in [-0.05, 0) is 43.4 Å². The minimum absolute atomic E-state index is 0.0387. The van der Waals surface area contributed by atoms with E-state index in [0.29, 0.717) is 24.4 Å². The molecule has 148 valence electrons. The molecule has 0 aromatic carbocycles. The van der Waals surface area contributed by atoms with E-state index in [2.05, 4.69) is 27.7 Å². The Hall–Kier alpha value is -0.730.